The van der Waals surface area contributed by atoms with Crippen molar-refractivity contribution in [1.82, 2.24) is 9.62 Å². The lowest BCUT2D eigenvalue weighted by Crippen LogP contribution is -2.30. The summed E-state index contributed by atoms with van der Waals surface area (Å²) in [4.78, 5) is 12.3. The normalized spacial score (nSPS) is 11.6. The van der Waals surface area contributed by atoms with Crippen LogP contribution in [0.3, 0.4) is 0 Å². The van der Waals surface area contributed by atoms with Crippen LogP contribution in [0.15, 0.2) is 51.8 Å². The van der Waals surface area contributed by atoms with Crippen molar-refractivity contribution in [2.75, 3.05) is 13.1 Å². The molecule has 8 heteroatoms. The van der Waals surface area contributed by atoms with Crippen LogP contribution in [0.25, 0.3) is 0 Å². The summed E-state index contributed by atoms with van der Waals surface area (Å²) in [7, 11) is -3.50. The van der Waals surface area contributed by atoms with Gasteiger partial charge in [0.1, 0.15) is 5.82 Å². The first kappa shape index (κ1) is 20.5. The molecule has 0 atom stereocenters. The third-order valence-corrected chi connectivity index (χ3v) is 6.37. The van der Waals surface area contributed by atoms with Gasteiger partial charge in [-0.2, -0.15) is 4.31 Å². The monoisotopic (exact) mass is 442 g/mol. The molecule has 0 aromatic heterocycles. The van der Waals surface area contributed by atoms with Gasteiger partial charge >= 0.3 is 0 Å². The zero-order valence-electron chi connectivity index (χ0n) is 14.5. The summed E-state index contributed by atoms with van der Waals surface area (Å²) in [5.74, 6) is -0.916. The molecule has 1 amide bonds. The molecule has 0 radical (unpaired) electrons. The lowest BCUT2D eigenvalue weighted by Gasteiger charge is -2.18. The fourth-order valence-corrected chi connectivity index (χ4v) is 4.38. The van der Waals surface area contributed by atoms with E-state index in [9.17, 15) is 17.6 Å². The van der Waals surface area contributed by atoms with E-state index in [0.717, 1.165) is 11.6 Å². The molecule has 0 spiro atoms. The van der Waals surface area contributed by atoms with E-state index in [1.165, 1.54) is 28.6 Å². The van der Waals surface area contributed by atoms with E-state index >= 15 is 0 Å². The molecule has 0 unspecified atom stereocenters. The third-order valence-electron chi connectivity index (χ3n) is 3.84. The van der Waals surface area contributed by atoms with Crippen molar-refractivity contribution in [2.24, 2.45) is 0 Å². The number of benzene rings is 2. The average Bonchev–Trinajstić information content (AvgIpc) is 2.60. The molecule has 140 valence electrons. The quantitative estimate of drug-likeness (QED) is 0.712. The summed E-state index contributed by atoms with van der Waals surface area (Å²) in [6.45, 7) is 4.59. The highest BCUT2D eigenvalue weighted by atomic mass is 79.9. The van der Waals surface area contributed by atoms with Crippen molar-refractivity contribution in [3.8, 4) is 0 Å². The van der Waals surface area contributed by atoms with Crippen LogP contribution in [0.4, 0.5) is 4.39 Å². The standard InChI is InChI=1S/C18H20BrFN2O3S/c1-3-22(4-2)26(24,25)17-7-5-13(6-8-17)12-21-18(23)14-9-15(19)11-16(20)10-14/h5-11H,3-4,12H2,1-2H3,(H,21,23). The van der Waals surface area contributed by atoms with Crippen LogP contribution in [-0.2, 0) is 16.6 Å². The van der Waals surface area contributed by atoms with Gasteiger partial charge in [0.2, 0.25) is 10.0 Å². The SMILES string of the molecule is CCN(CC)S(=O)(=O)c1ccc(CNC(=O)c2cc(F)cc(Br)c2)cc1. The Labute approximate surface area is 161 Å². The Morgan fingerprint density at radius 2 is 1.73 bits per heavy atom. The molecule has 0 saturated heterocycles. The van der Waals surface area contributed by atoms with Gasteiger partial charge in [-0.25, -0.2) is 12.8 Å². The second kappa shape index (κ2) is 8.75. The second-order valence-electron chi connectivity index (χ2n) is 5.57. The summed E-state index contributed by atoms with van der Waals surface area (Å²) in [6.07, 6.45) is 0. The van der Waals surface area contributed by atoms with E-state index in [-0.39, 0.29) is 17.0 Å². The summed E-state index contributed by atoms with van der Waals surface area (Å²) in [5, 5.41) is 2.69. The third kappa shape index (κ3) is 4.90. The van der Waals surface area contributed by atoms with Gasteiger partial charge in [-0.05, 0) is 35.9 Å². The number of hydrogen-bond acceptors (Lipinski definition) is 3. The lowest BCUT2D eigenvalue weighted by molar-refractivity contribution is 0.0950. The number of nitrogens with one attached hydrogen (secondary N) is 1. The number of amides is 1. The number of carbonyl (C=O) groups is 1. The van der Waals surface area contributed by atoms with Crippen LogP contribution in [0.2, 0.25) is 0 Å². The molecule has 0 heterocycles. The minimum atomic E-state index is -3.50. The Morgan fingerprint density at radius 3 is 2.27 bits per heavy atom. The van der Waals surface area contributed by atoms with Crippen molar-refractivity contribution in [3.05, 3.63) is 63.9 Å². The van der Waals surface area contributed by atoms with Crippen LogP contribution in [0, 0.1) is 5.82 Å². The van der Waals surface area contributed by atoms with E-state index in [1.807, 2.05) is 0 Å². The van der Waals surface area contributed by atoms with Crippen molar-refractivity contribution in [3.63, 3.8) is 0 Å². The van der Waals surface area contributed by atoms with Crippen LogP contribution < -0.4 is 5.32 Å². The summed E-state index contributed by atoms with van der Waals surface area (Å²) >= 11 is 3.15. The number of nitrogens with zero attached hydrogens (tertiary/aromatic N) is 1. The summed E-state index contributed by atoms with van der Waals surface area (Å²) < 4.78 is 40.1. The molecule has 0 saturated carbocycles. The van der Waals surface area contributed by atoms with Crippen LogP contribution in [-0.4, -0.2) is 31.7 Å². The highest BCUT2D eigenvalue weighted by molar-refractivity contribution is 9.10. The van der Waals surface area contributed by atoms with Crippen LogP contribution >= 0.6 is 15.9 Å². The van der Waals surface area contributed by atoms with Crippen molar-refractivity contribution in [1.29, 1.82) is 0 Å². The number of sulfonamides is 1. The lowest BCUT2D eigenvalue weighted by atomic mass is 10.2. The minimum Gasteiger partial charge on any atom is -0.348 e. The molecule has 0 aliphatic carbocycles. The van der Waals surface area contributed by atoms with Gasteiger partial charge in [-0.15, -0.1) is 0 Å². The summed E-state index contributed by atoms with van der Waals surface area (Å²) in [6, 6.07) is 10.3. The minimum absolute atomic E-state index is 0.206. The Hall–Kier alpha value is -1.77. The fourth-order valence-electron chi connectivity index (χ4n) is 2.46. The highest BCUT2D eigenvalue weighted by Gasteiger charge is 2.21. The molecule has 1 N–H and O–H groups in total. The summed E-state index contributed by atoms with van der Waals surface area (Å²) in [5.41, 5.74) is 0.949. The van der Waals surface area contributed by atoms with E-state index in [0.29, 0.717) is 17.6 Å². The largest absolute Gasteiger partial charge is 0.348 e. The van der Waals surface area contributed by atoms with Gasteiger partial charge in [0, 0.05) is 29.7 Å². The average molecular weight is 443 g/mol. The Morgan fingerprint density at radius 1 is 1.12 bits per heavy atom. The van der Waals surface area contributed by atoms with Gasteiger partial charge in [-0.3, -0.25) is 4.79 Å². The zero-order chi connectivity index (χ0) is 19.3. The topological polar surface area (TPSA) is 66.5 Å². The zero-order valence-corrected chi connectivity index (χ0v) is 16.9. The molecular weight excluding hydrogens is 423 g/mol. The molecule has 0 aliphatic heterocycles. The molecule has 2 aromatic carbocycles. The van der Waals surface area contributed by atoms with Crippen molar-refractivity contribution < 1.29 is 17.6 Å². The maximum atomic E-state index is 13.4. The van der Waals surface area contributed by atoms with Gasteiger partial charge < -0.3 is 5.32 Å². The Bertz CT molecular complexity index is 862. The first-order valence-corrected chi connectivity index (χ1v) is 10.3. The van der Waals surface area contributed by atoms with Gasteiger partial charge in [0.05, 0.1) is 4.90 Å². The number of halogens is 2. The van der Waals surface area contributed by atoms with Crippen molar-refractivity contribution in [2.45, 2.75) is 25.3 Å². The molecule has 2 aromatic rings. The van der Waals surface area contributed by atoms with E-state index < -0.39 is 21.7 Å². The van der Waals surface area contributed by atoms with E-state index in [1.54, 1.807) is 26.0 Å². The first-order valence-electron chi connectivity index (χ1n) is 8.11. The molecule has 5 nitrogen and oxygen atoms in total. The van der Waals surface area contributed by atoms with Gasteiger partial charge in [0.15, 0.2) is 0 Å². The predicted molar refractivity (Wildman–Crippen MR) is 102 cm³/mol. The maximum Gasteiger partial charge on any atom is 0.251 e. The fraction of sp³-hybridized carbons (Fsp3) is 0.278. The molecule has 2 rings (SSSR count). The molecule has 0 aliphatic rings. The molecule has 26 heavy (non-hydrogen) atoms. The maximum absolute atomic E-state index is 13.4. The number of rotatable bonds is 7. The molecule has 0 fully saturated rings. The Kier molecular flexibility index (Phi) is 6.91. The van der Waals surface area contributed by atoms with E-state index in [4.69, 9.17) is 0 Å². The van der Waals surface area contributed by atoms with Crippen LogP contribution in [0.5, 0.6) is 0 Å². The predicted octanol–water partition coefficient (Wildman–Crippen LogP) is 3.55. The smallest absolute Gasteiger partial charge is 0.251 e. The number of carbonyl (C=O) groups excluding carboxylic acids is 1. The van der Waals surface area contributed by atoms with Crippen LogP contribution in [0.1, 0.15) is 29.8 Å². The highest BCUT2D eigenvalue weighted by Crippen LogP contribution is 2.17. The van der Waals surface area contributed by atoms with Gasteiger partial charge in [0.25, 0.3) is 5.91 Å². The second-order valence-corrected chi connectivity index (χ2v) is 8.43. The molecule has 0 bridgehead atoms. The molecular formula is C18H20BrFN2O3S. The van der Waals surface area contributed by atoms with Gasteiger partial charge in [-0.1, -0.05) is 41.9 Å². The Balaban J connectivity index is 2.06. The van der Waals surface area contributed by atoms with E-state index in [2.05, 4.69) is 21.2 Å². The first-order chi connectivity index (χ1) is 12.3. The number of hydrogen-bond donors (Lipinski definition) is 1. The van der Waals surface area contributed by atoms with Crippen molar-refractivity contribution >= 4 is 31.9 Å².